The van der Waals surface area contributed by atoms with Gasteiger partial charge in [0.2, 0.25) is 0 Å². The van der Waals surface area contributed by atoms with Crippen molar-refractivity contribution in [3.05, 3.63) is 39.1 Å². The maximum Gasteiger partial charge on any atom is 0.357 e. The quantitative estimate of drug-likeness (QED) is 0.858. The molecule has 0 aliphatic carbocycles. The van der Waals surface area contributed by atoms with E-state index < -0.39 is 5.97 Å². The molecule has 1 aromatic heterocycles. The minimum atomic E-state index is -0.470. The number of thiazole rings is 1. The number of esters is 1. The summed E-state index contributed by atoms with van der Waals surface area (Å²) in [5, 5.41) is 3.57. The molecule has 19 heavy (non-hydrogen) atoms. The first-order valence-electron chi connectivity index (χ1n) is 5.29. The molecule has 0 atom stereocenters. The van der Waals surface area contributed by atoms with E-state index in [1.165, 1.54) is 24.5 Å². The summed E-state index contributed by atoms with van der Waals surface area (Å²) in [5.41, 5.74) is 0.967. The lowest BCUT2D eigenvalue weighted by Gasteiger charge is -2.03. The second kappa shape index (κ2) is 5.66. The molecule has 2 rings (SSSR count). The number of methoxy groups -OCH3 is 1. The lowest BCUT2D eigenvalue weighted by Crippen LogP contribution is -2.03. The molecule has 0 spiro atoms. The number of aromatic nitrogens is 1. The molecule has 4 nitrogen and oxygen atoms in total. The SMILES string of the molecule is COC(=O)c1nc(Nc2ccc(F)c(Br)c2)sc1C. The van der Waals surface area contributed by atoms with Crippen LogP contribution in [0, 0.1) is 12.7 Å². The summed E-state index contributed by atoms with van der Waals surface area (Å²) >= 11 is 4.44. The smallest absolute Gasteiger partial charge is 0.357 e. The largest absolute Gasteiger partial charge is 0.464 e. The van der Waals surface area contributed by atoms with Crippen LogP contribution in [0.2, 0.25) is 0 Å². The fourth-order valence-corrected chi connectivity index (χ4v) is 2.63. The van der Waals surface area contributed by atoms with Crippen LogP contribution in [0.1, 0.15) is 15.4 Å². The van der Waals surface area contributed by atoms with Crippen molar-refractivity contribution in [3.63, 3.8) is 0 Å². The average Bonchev–Trinajstić information content (AvgIpc) is 2.74. The van der Waals surface area contributed by atoms with E-state index >= 15 is 0 Å². The van der Waals surface area contributed by atoms with Gasteiger partial charge in [-0.15, -0.1) is 11.3 Å². The molecule has 0 saturated carbocycles. The highest BCUT2D eigenvalue weighted by Crippen LogP contribution is 2.27. The monoisotopic (exact) mass is 344 g/mol. The van der Waals surface area contributed by atoms with Gasteiger partial charge in [0, 0.05) is 10.6 Å². The van der Waals surface area contributed by atoms with E-state index in [9.17, 15) is 9.18 Å². The van der Waals surface area contributed by atoms with Gasteiger partial charge < -0.3 is 10.1 Å². The van der Waals surface area contributed by atoms with Crippen LogP contribution in [0.5, 0.6) is 0 Å². The molecule has 0 saturated heterocycles. The van der Waals surface area contributed by atoms with Gasteiger partial charge >= 0.3 is 5.97 Å². The van der Waals surface area contributed by atoms with E-state index in [2.05, 4.69) is 31.0 Å². The molecule has 0 aliphatic rings. The van der Waals surface area contributed by atoms with Gasteiger partial charge in [-0.3, -0.25) is 0 Å². The number of halogens is 2. The number of benzene rings is 1. The number of hydrogen-bond donors (Lipinski definition) is 1. The first-order valence-corrected chi connectivity index (χ1v) is 6.90. The molecule has 7 heteroatoms. The molecule has 0 bridgehead atoms. The maximum absolute atomic E-state index is 13.1. The summed E-state index contributed by atoms with van der Waals surface area (Å²) in [6.07, 6.45) is 0. The van der Waals surface area contributed by atoms with Crippen molar-refractivity contribution < 1.29 is 13.9 Å². The van der Waals surface area contributed by atoms with Crippen LogP contribution < -0.4 is 5.32 Å². The topological polar surface area (TPSA) is 51.2 Å². The third-order valence-electron chi connectivity index (χ3n) is 2.35. The summed E-state index contributed by atoms with van der Waals surface area (Å²) in [4.78, 5) is 16.3. The molecular weight excluding hydrogens is 335 g/mol. The highest BCUT2D eigenvalue weighted by atomic mass is 79.9. The molecular formula is C12H10BrFN2O2S. The Labute approximate surface area is 121 Å². The Balaban J connectivity index is 2.24. The fraction of sp³-hybridized carbons (Fsp3) is 0.167. The zero-order valence-electron chi connectivity index (χ0n) is 10.2. The van der Waals surface area contributed by atoms with E-state index in [0.717, 1.165) is 4.88 Å². The summed E-state index contributed by atoms with van der Waals surface area (Å²) in [6, 6.07) is 4.53. The van der Waals surface area contributed by atoms with E-state index in [1.54, 1.807) is 19.1 Å². The Morgan fingerprint density at radius 2 is 2.26 bits per heavy atom. The molecule has 1 heterocycles. The summed E-state index contributed by atoms with van der Waals surface area (Å²) in [6.45, 7) is 1.79. The maximum atomic E-state index is 13.1. The number of ether oxygens (including phenoxy) is 1. The number of anilines is 2. The first kappa shape index (κ1) is 14.0. The number of nitrogens with zero attached hydrogens (tertiary/aromatic N) is 1. The molecule has 0 amide bonds. The third-order valence-corrected chi connectivity index (χ3v) is 3.84. The van der Waals surface area contributed by atoms with Crippen molar-refractivity contribution in [2.75, 3.05) is 12.4 Å². The van der Waals surface area contributed by atoms with Crippen molar-refractivity contribution >= 4 is 44.1 Å². The van der Waals surface area contributed by atoms with Crippen LogP contribution in [0.15, 0.2) is 22.7 Å². The van der Waals surface area contributed by atoms with Gasteiger partial charge in [0.15, 0.2) is 10.8 Å². The minimum Gasteiger partial charge on any atom is -0.464 e. The number of rotatable bonds is 3. The molecule has 100 valence electrons. The molecule has 0 aliphatic heterocycles. The van der Waals surface area contributed by atoms with Crippen molar-refractivity contribution in [1.29, 1.82) is 0 Å². The number of hydrogen-bond acceptors (Lipinski definition) is 5. The zero-order chi connectivity index (χ0) is 14.0. The standard InChI is InChI=1S/C12H10BrFN2O2S/c1-6-10(11(17)18-2)16-12(19-6)15-7-3-4-9(14)8(13)5-7/h3-5H,1-2H3,(H,15,16). The van der Waals surface area contributed by atoms with Gasteiger partial charge in [0.05, 0.1) is 11.6 Å². The minimum absolute atomic E-state index is 0.288. The van der Waals surface area contributed by atoms with Crippen molar-refractivity contribution in [2.45, 2.75) is 6.92 Å². The Morgan fingerprint density at radius 3 is 2.89 bits per heavy atom. The van der Waals surface area contributed by atoms with Crippen LogP contribution in [-0.4, -0.2) is 18.1 Å². The fourth-order valence-electron chi connectivity index (χ4n) is 1.43. The molecule has 1 aromatic carbocycles. The molecule has 1 N–H and O–H groups in total. The molecule has 2 aromatic rings. The van der Waals surface area contributed by atoms with Crippen LogP contribution in [0.4, 0.5) is 15.2 Å². The number of aryl methyl sites for hydroxylation is 1. The second-order valence-corrected chi connectivity index (χ2v) is 5.73. The number of carbonyl (C=O) groups excluding carboxylic acids is 1. The predicted octanol–water partition coefficient (Wildman–Crippen LogP) is 3.88. The number of nitrogens with one attached hydrogen (secondary N) is 1. The second-order valence-electron chi connectivity index (χ2n) is 3.67. The molecule has 0 unspecified atom stereocenters. The van der Waals surface area contributed by atoms with Gasteiger partial charge in [0.25, 0.3) is 0 Å². The summed E-state index contributed by atoms with van der Waals surface area (Å²) < 4.78 is 18.1. The van der Waals surface area contributed by atoms with Crippen molar-refractivity contribution in [2.24, 2.45) is 0 Å². The Bertz CT molecular complexity index is 630. The van der Waals surface area contributed by atoms with E-state index in [4.69, 9.17) is 0 Å². The van der Waals surface area contributed by atoms with Crippen molar-refractivity contribution in [3.8, 4) is 0 Å². The van der Waals surface area contributed by atoms with E-state index in [1.807, 2.05) is 0 Å². The van der Waals surface area contributed by atoms with Gasteiger partial charge in [0.1, 0.15) is 5.82 Å². The lowest BCUT2D eigenvalue weighted by molar-refractivity contribution is 0.0594. The Morgan fingerprint density at radius 1 is 1.53 bits per heavy atom. The van der Waals surface area contributed by atoms with Gasteiger partial charge in [-0.2, -0.15) is 0 Å². The van der Waals surface area contributed by atoms with Crippen molar-refractivity contribution in [1.82, 2.24) is 4.98 Å². The average molecular weight is 345 g/mol. The third kappa shape index (κ3) is 3.10. The number of carbonyl (C=O) groups is 1. The zero-order valence-corrected chi connectivity index (χ0v) is 12.6. The highest BCUT2D eigenvalue weighted by molar-refractivity contribution is 9.10. The molecule has 0 radical (unpaired) electrons. The van der Waals surface area contributed by atoms with Gasteiger partial charge in [-0.05, 0) is 41.1 Å². The first-order chi connectivity index (χ1) is 9.01. The highest BCUT2D eigenvalue weighted by Gasteiger charge is 2.15. The van der Waals surface area contributed by atoms with Crippen LogP contribution in [0.25, 0.3) is 0 Å². The van der Waals surface area contributed by atoms with Gasteiger partial charge in [-0.25, -0.2) is 14.2 Å². The van der Waals surface area contributed by atoms with E-state index in [0.29, 0.717) is 15.3 Å². The summed E-state index contributed by atoms with van der Waals surface area (Å²) in [7, 11) is 1.31. The van der Waals surface area contributed by atoms with Crippen LogP contribution in [0.3, 0.4) is 0 Å². The Hall–Kier alpha value is -1.47. The van der Waals surface area contributed by atoms with Crippen LogP contribution in [-0.2, 0) is 4.74 Å². The van der Waals surface area contributed by atoms with E-state index in [-0.39, 0.29) is 11.5 Å². The summed E-state index contributed by atoms with van der Waals surface area (Å²) in [5.74, 6) is -0.807. The normalized spacial score (nSPS) is 10.3. The lowest BCUT2D eigenvalue weighted by atomic mass is 10.3. The van der Waals surface area contributed by atoms with Gasteiger partial charge in [-0.1, -0.05) is 0 Å². The Kier molecular flexibility index (Phi) is 4.16. The molecule has 0 fully saturated rings. The van der Waals surface area contributed by atoms with Crippen LogP contribution >= 0.6 is 27.3 Å². The predicted molar refractivity (Wildman–Crippen MR) is 75.6 cm³/mol.